The van der Waals surface area contributed by atoms with E-state index >= 15 is 0 Å². The summed E-state index contributed by atoms with van der Waals surface area (Å²) in [6.45, 7) is 8.45. The molecule has 2 aliphatic rings. The summed E-state index contributed by atoms with van der Waals surface area (Å²) in [5.41, 5.74) is 2.28. The molecule has 0 aromatic heterocycles. The molecule has 0 fully saturated rings. The van der Waals surface area contributed by atoms with Crippen molar-refractivity contribution in [2.24, 2.45) is 0 Å². The van der Waals surface area contributed by atoms with Crippen LogP contribution in [0, 0.1) is 0 Å². The van der Waals surface area contributed by atoms with E-state index in [2.05, 4.69) is 17.1 Å². The van der Waals surface area contributed by atoms with Crippen molar-refractivity contribution in [3.8, 4) is 0 Å². The van der Waals surface area contributed by atoms with Crippen LogP contribution in [0.25, 0.3) is 21.5 Å². The van der Waals surface area contributed by atoms with E-state index in [1.54, 1.807) is 24.3 Å². The maximum Gasteiger partial charge on any atom is 0.261 e. The molecule has 4 aromatic carbocycles. The quantitative estimate of drug-likeness (QED) is 0.205. The molecule has 1 unspecified atom stereocenters. The summed E-state index contributed by atoms with van der Waals surface area (Å²) in [6.07, 6.45) is 0.824. The fourth-order valence-corrected chi connectivity index (χ4v) is 5.89. The molecular weight excluding hydrogens is 540 g/mol. The van der Waals surface area contributed by atoms with E-state index in [-0.39, 0.29) is 29.7 Å². The summed E-state index contributed by atoms with van der Waals surface area (Å²) in [5.74, 6) is -1.00. The number of nitrogens with one attached hydrogen (secondary N) is 1. The van der Waals surface area contributed by atoms with Gasteiger partial charge in [0.2, 0.25) is 0 Å². The van der Waals surface area contributed by atoms with Crippen molar-refractivity contribution in [3.63, 3.8) is 0 Å². The Morgan fingerprint density at radius 3 is 1.44 bits per heavy atom. The predicted molar refractivity (Wildman–Crippen MR) is 170 cm³/mol. The number of carbonyl (C=O) groups excluding carboxylic acids is 4. The number of carbonyl (C=O) groups is 4. The SMILES string of the molecule is CC.CC(CCNCCN1C(=O)c2cccc3cccc(c23)C1=O)N(C)CCN1C(=O)c2cccc3cccc(c23)C1=O. The van der Waals surface area contributed by atoms with Crippen LogP contribution in [0.4, 0.5) is 0 Å². The number of likely N-dealkylation sites (N-methyl/N-ethyl adjacent to an activating group) is 1. The molecule has 2 heterocycles. The number of hydrogen-bond acceptors (Lipinski definition) is 6. The fourth-order valence-electron chi connectivity index (χ4n) is 5.89. The van der Waals surface area contributed by atoms with E-state index in [4.69, 9.17) is 0 Å². The highest BCUT2D eigenvalue weighted by atomic mass is 16.2. The second-order valence-electron chi connectivity index (χ2n) is 10.8. The molecule has 4 amide bonds. The number of nitrogens with zero attached hydrogens (tertiary/aromatic N) is 3. The zero-order chi connectivity index (χ0) is 30.7. The minimum absolute atomic E-state index is 0.191. The second-order valence-corrected chi connectivity index (χ2v) is 10.8. The molecule has 6 rings (SSSR count). The molecule has 0 bridgehead atoms. The van der Waals surface area contributed by atoms with Gasteiger partial charge in [0.1, 0.15) is 0 Å². The smallest absolute Gasteiger partial charge is 0.261 e. The monoisotopic (exact) mass is 578 g/mol. The third kappa shape index (κ3) is 5.56. The topological polar surface area (TPSA) is 90.0 Å². The Morgan fingerprint density at radius 2 is 1.02 bits per heavy atom. The van der Waals surface area contributed by atoms with Gasteiger partial charge in [0.15, 0.2) is 0 Å². The van der Waals surface area contributed by atoms with Crippen molar-refractivity contribution in [1.29, 1.82) is 0 Å². The van der Waals surface area contributed by atoms with Crippen molar-refractivity contribution in [2.75, 3.05) is 39.8 Å². The summed E-state index contributed by atoms with van der Waals surface area (Å²) in [5, 5.41) is 6.63. The Morgan fingerprint density at radius 1 is 0.628 bits per heavy atom. The average Bonchev–Trinajstić information content (AvgIpc) is 3.04. The van der Waals surface area contributed by atoms with E-state index in [9.17, 15) is 19.2 Å². The highest BCUT2D eigenvalue weighted by Crippen LogP contribution is 2.31. The Kier molecular flexibility index (Phi) is 8.99. The maximum absolute atomic E-state index is 13.2. The van der Waals surface area contributed by atoms with Gasteiger partial charge in [-0.05, 0) is 62.0 Å². The molecule has 0 saturated carbocycles. The van der Waals surface area contributed by atoms with Gasteiger partial charge in [0.25, 0.3) is 23.6 Å². The number of hydrogen-bond donors (Lipinski definition) is 1. The lowest BCUT2D eigenvalue weighted by atomic mass is 9.94. The van der Waals surface area contributed by atoms with Gasteiger partial charge in [-0.25, -0.2) is 0 Å². The molecule has 0 saturated heterocycles. The predicted octanol–water partition coefficient (Wildman–Crippen LogP) is 5.21. The van der Waals surface area contributed by atoms with Gasteiger partial charge >= 0.3 is 0 Å². The van der Waals surface area contributed by atoms with E-state index in [1.165, 1.54) is 9.80 Å². The summed E-state index contributed by atoms with van der Waals surface area (Å²) in [4.78, 5) is 57.3. The van der Waals surface area contributed by atoms with Crippen molar-refractivity contribution in [1.82, 2.24) is 20.0 Å². The molecule has 0 spiro atoms. The van der Waals surface area contributed by atoms with Crippen LogP contribution in [-0.4, -0.2) is 84.1 Å². The lowest BCUT2D eigenvalue weighted by Crippen LogP contribution is -2.46. The first-order chi connectivity index (χ1) is 20.9. The van der Waals surface area contributed by atoms with Crippen molar-refractivity contribution >= 4 is 45.2 Å². The van der Waals surface area contributed by atoms with Crippen molar-refractivity contribution in [2.45, 2.75) is 33.2 Å². The van der Waals surface area contributed by atoms with Crippen LogP contribution in [0.5, 0.6) is 0 Å². The molecule has 43 heavy (non-hydrogen) atoms. The Hall–Kier alpha value is -4.40. The summed E-state index contributed by atoms with van der Waals surface area (Å²) in [6, 6.07) is 22.4. The first-order valence-corrected chi connectivity index (χ1v) is 15.0. The number of benzene rings is 4. The van der Waals surface area contributed by atoms with E-state index in [0.29, 0.717) is 55.0 Å². The van der Waals surface area contributed by atoms with Crippen LogP contribution in [0.15, 0.2) is 72.8 Å². The summed E-state index contributed by atoms with van der Waals surface area (Å²) in [7, 11) is 1.99. The van der Waals surface area contributed by atoms with Crippen LogP contribution >= 0.6 is 0 Å². The molecular formula is C35H38N4O4. The second kappa shape index (κ2) is 12.9. The molecule has 8 nitrogen and oxygen atoms in total. The number of imide groups is 2. The van der Waals surface area contributed by atoms with Gasteiger partial charge in [-0.3, -0.25) is 29.0 Å². The largest absolute Gasteiger partial charge is 0.315 e. The van der Waals surface area contributed by atoms with Gasteiger partial charge in [-0.1, -0.05) is 62.4 Å². The molecule has 0 aliphatic carbocycles. The van der Waals surface area contributed by atoms with Gasteiger partial charge < -0.3 is 10.2 Å². The van der Waals surface area contributed by atoms with Gasteiger partial charge in [-0.2, -0.15) is 0 Å². The minimum Gasteiger partial charge on any atom is -0.315 e. The normalized spacial score (nSPS) is 14.9. The molecule has 8 heteroatoms. The van der Waals surface area contributed by atoms with Crippen molar-refractivity contribution < 1.29 is 19.2 Å². The standard InChI is InChI=1S/C33H32N4O4.C2H6/c1-21(35(2)19-20-37-32(40)26-13-5-9-23-10-6-14-27(29(23)26)33(37)41)15-16-34-17-18-36-30(38)24-11-3-7-22-8-4-12-25(28(22)24)31(36)39;1-2/h3-14,21,34H,15-20H2,1-2H3;1-2H3. The minimum atomic E-state index is -0.255. The van der Waals surface area contributed by atoms with Gasteiger partial charge in [0.05, 0.1) is 0 Å². The van der Waals surface area contributed by atoms with E-state index < -0.39 is 0 Å². The van der Waals surface area contributed by atoms with Crippen LogP contribution < -0.4 is 5.32 Å². The Bertz CT molecular complexity index is 1610. The Balaban J connectivity index is 0.00000180. The zero-order valence-corrected chi connectivity index (χ0v) is 25.2. The highest BCUT2D eigenvalue weighted by Gasteiger charge is 2.33. The lowest BCUT2D eigenvalue weighted by Gasteiger charge is -2.31. The molecule has 0 radical (unpaired) electrons. The first kappa shape index (κ1) is 30.1. The summed E-state index contributed by atoms with van der Waals surface area (Å²) < 4.78 is 0. The van der Waals surface area contributed by atoms with E-state index in [0.717, 1.165) is 28.0 Å². The van der Waals surface area contributed by atoms with Crippen LogP contribution in [-0.2, 0) is 0 Å². The highest BCUT2D eigenvalue weighted by molar-refractivity contribution is 6.26. The molecule has 2 aliphatic heterocycles. The van der Waals surface area contributed by atoms with E-state index in [1.807, 2.05) is 69.4 Å². The van der Waals surface area contributed by atoms with Gasteiger partial charge in [0, 0.05) is 65.2 Å². The average molecular weight is 579 g/mol. The third-order valence-corrected chi connectivity index (χ3v) is 8.39. The number of rotatable bonds is 10. The fraction of sp³-hybridized carbons (Fsp3) is 0.314. The number of amides is 4. The lowest BCUT2D eigenvalue weighted by molar-refractivity contribution is 0.0584. The molecule has 222 valence electrons. The molecule has 1 N–H and O–H groups in total. The molecule has 1 atom stereocenters. The first-order valence-electron chi connectivity index (χ1n) is 15.0. The zero-order valence-electron chi connectivity index (χ0n) is 25.2. The summed E-state index contributed by atoms with van der Waals surface area (Å²) >= 11 is 0. The Labute approximate surface area is 252 Å². The van der Waals surface area contributed by atoms with Crippen LogP contribution in [0.2, 0.25) is 0 Å². The third-order valence-electron chi connectivity index (χ3n) is 8.39. The van der Waals surface area contributed by atoms with Crippen LogP contribution in [0.3, 0.4) is 0 Å². The van der Waals surface area contributed by atoms with Crippen LogP contribution in [0.1, 0.15) is 68.6 Å². The maximum atomic E-state index is 13.2. The van der Waals surface area contributed by atoms with Gasteiger partial charge in [-0.15, -0.1) is 0 Å². The molecule has 4 aromatic rings. The van der Waals surface area contributed by atoms with Crippen molar-refractivity contribution in [3.05, 3.63) is 95.1 Å².